The third-order valence-electron chi connectivity index (χ3n) is 2.30. The Morgan fingerprint density at radius 2 is 1.45 bits per heavy atom. The Bertz CT molecular complexity index is 72.9. The van der Waals surface area contributed by atoms with Crippen molar-refractivity contribution in [3.63, 3.8) is 0 Å². The highest BCUT2D eigenvalue weighted by Gasteiger charge is 2.16. The van der Waals surface area contributed by atoms with Crippen molar-refractivity contribution in [3.05, 3.63) is 0 Å². The molecular weight excluding hydrogens is 152 g/mol. The van der Waals surface area contributed by atoms with Gasteiger partial charge in [0.25, 0.3) is 0 Å². The van der Waals surface area contributed by atoms with Gasteiger partial charge in [-0.25, -0.2) is 0 Å². The van der Waals surface area contributed by atoms with Crippen molar-refractivity contribution >= 4 is 11.8 Å². The van der Waals surface area contributed by atoms with E-state index in [9.17, 15) is 0 Å². The van der Waals surface area contributed by atoms with Gasteiger partial charge < -0.3 is 0 Å². The molecule has 1 heteroatoms. The first-order chi connectivity index (χ1) is 5.33. The topological polar surface area (TPSA) is 0 Å². The van der Waals surface area contributed by atoms with E-state index in [0.717, 1.165) is 11.2 Å². The molecule has 1 fully saturated rings. The second-order valence-electron chi connectivity index (χ2n) is 3.12. The normalized spacial score (nSPS) is 30.5. The fourth-order valence-electron chi connectivity index (χ4n) is 1.47. The zero-order valence-corrected chi connectivity index (χ0v) is 9.21. The van der Waals surface area contributed by atoms with Crippen LogP contribution in [0, 0.1) is 5.92 Å². The molecule has 0 aromatic rings. The van der Waals surface area contributed by atoms with Crippen LogP contribution in [0.5, 0.6) is 0 Å². The number of hydrogen-bond acceptors (Lipinski definition) is 1. The highest BCUT2D eigenvalue weighted by molar-refractivity contribution is 7.99. The molecule has 1 rings (SSSR count). The van der Waals surface area contributed by atoms with E-state index in [0.29, 0.717) is 0 Å². The molecule has 0 aromatic heterocycles. The van der Waals surface area contributed by atoms with Crippen LogP contribution in [0.2, 0.25) is 0 Å². The fourth-order valence-corrected chi connectivity index (χ4v) is 2.21. The smallest absolute Gasteiger partial charge is 0.00444 e. The average molecular weight is 174 g/mol. The van der Waals surface area contributed by atoms with Crippen molar-refractivity contribution in [2.24, 2.45) is 5.92 Å². The van der Waals surface area contributed by atoms with Gasteiger partial charge in [-0.2, -0.15) is 11.8 Å². The summed E-state index contributed by atoms with van der Waals surface area (Å²) in [6.07, 6.45) is 8.09. The van der Waals surface area contributed by atoms with Crippen LogP contribution in [-0.4, -0.2) is 11.5 Å². The van der Waals surface area contributed by atoms with Gasteiger partial charge in [0.2, 0.25) is 0 Å². The first kappa shape index (κ1) is 11.4. The maximum absolute atomic E-state index is 2.37. The second-order valence-corrected chi connectivity index (χ2v) is 4.26. The van der Waals surface area contributed by atoms with Crippen LogP contribution >= 0.6 is 11.8 Å². The van der Waals surface area contributed by atoms with Crippen LogP contribution in [-0.2, 0) is 0 Å². The van der Waals surface area contributed by atoms with Crippen molar-refractivity contribution in [2.75, 3.05) is 6.26 Å². The largest absolute Gasteiger partial charge is 0.162 e. The standard InChI is InChI=1S/C8H16S.C2H6/c1-7-3-5-8(9-2)6-4-7;1-2/h7-8H,3-6H2,1-2H3;1-2H3. The highest BCUT2D eigenvalue weighted by atomic mass is 32.2. The van der Waals surface area contributed by atoms with Gasteiger partial charge in [0.15, 0.2) is 0 Å². The third-order valence-corrected chi connectivity index (χ3v) is 3.43. The summed E-state index contributed by atoms with van der Waals surface area (Å²) in [6.45, 7) is 6.37. The van der Waals surface area contributed by atoms with Crippen molar-refractivity contribution in [1.82, 2.24) is 0 Å². The van der Waals surface area contributed by atoms with Crippen LogP contribution in [0.25, 0.3) is 0 Å². The number of hydrogen-bond donors (Lipinski definition) is 0. The average Bonchev–Trinajstić information content (AvgIpc) is 2.10. The van der Waals surface area contributed by atoms with Crippen molar-refractivity contribution in [2.45, 2.75) is 51.7 Å². The Labute approximate surface area is 76.1 Å². The highest BCUT2D eigenvalue weighted by Crippen LogP contribution is 2.29. The molecule has 1 aliphatic rings. The molecule has 0 aliphatic heterocycles. The Hall–Kier alpha value is 0.350. The van der Waals surface area contributed by atoms with Gasteiger partial charge in [0, 0.05) is 5.25 Å². The minimum absolute atomic E-state index is 0.987. The number of thioether (sulfide) groups is 1. The molecule has 1 saturated carbocycles. The van der Waals surface area contributed by atoms with Gasteiger partial charge in [-0.15, -0.1) is 0 Å². The molecule has 0 unspecified atom stereocenters. The number of rotatable bonds is 1. The monoisotopic (exact) mass is 174 g/mol. The van der Waals surface area contributed by atoms with Crippen molar-refractivity contribution in [3.8, 4) is 0 Å². The van der Waals surface area contributed by atoms with Gasteiger partial charge in [0.1, 0.15) is 0 Å². The molecule has 0 aromatic carbocycles. The van der Waals surface area contributed by atoms with Crippen LogP contribution < -0.4 is 0 Å². The fraction of sp³-hybridized carbons (Fsp3) is 1.00. The van der Waals surface area contributed by atoms with E-state index in [2.05, 4.69) is 13.2 Å². The van der Waals surface area contributed by atoms with E-state index in [1.54, 1.807) is 0 Å². The van der Waals surface area contributed by atoms with Crippen molar-refractivity contribution in [1.29, 1.82) is 0 Å². The minimum Gasteiger partial charge on any atom is -0.162 e. The van der Waals surface area contributed by atoms with Crippen LogP contribution in [0.15, 0.2) is 0 Å². The Kier molecular flexibility index (Phi) is 7.25. The summed E-state index contributed by atoms with van der Waals surface area (Å²) >= 11 is 2.05. The quantitative estimate of drug-likeness (QED) is 0.580. The first-order valence-corrected chi connectivity index (χ1v) is 6.14. The molecule has 0 heterocycles. The zero-order valence-electron chi connectivity index (χ0n) is 8.39. The Balaban J connectivity index is 0.000000461. The molecule has 0 radical (unpaired) electrons. The van der Waals surface area contributed by atoms with Gasteiger partial charge in [-0.3, -0.25) is 0 Å². The molecular formula is C10H22S. The molecule has 0 spiro atoms. The molecule has 68 valence electrons. The molecule has 0 saturated heterocycles. The first-order valence-electron chi connectivity index (χ1n) is 4.85. The minimum atomic E-state index is 0.987. The van der Waals surface area contributed by atoms with Gasteiger partial charge in [-0.1, -0.05) is 20.8 Å². The lowest BCUT2D eigenvalue weighted by atomic mass is 9.91. The van der Waals surface area contributed by atoms with Crippen LogP contribution in [0.3, 0.4) is 0 Å². The van der Waals surface area contributed by atoms with Crippen molar-refractivity contribution < 1.29 is 0 Å². The van der Waals surface area contributed by atoms with E-state index >= 15 is 0 Å². The SMILES string of the molecule is CC.CSC1CCC(C)CC1. The Morgan fingerprint density at radius 1 is 1.00 bits per heavy atom. The predicted octanol–water partition coefficient (Wildman–Crippen LogP) is 3.95. The lowest BCUT2D eigenvalue weighted by Gasteiger charge is -2.24. The molecule has 0 atom stereocenters. The maximum atomic E-state index is 2.37. The van der Waals surface area contributed by atoms with Gasteiger partial charge in [0.05, 0.1) is 0 Å². The van der Waals surface area contributed by atoms with Gasteiger partial charge >= 0.3 is 0 Å². The van der Waals surface area contributed by atoms with E-state index < -0.39 is 0 Å². The predicted molar refractivity (Wildman–Crippen MR) is 56.3 cm³/mol. The summed E-state index contributed by atoms with van der Waals surface area (Å²) in [5, 5.41) is 0.987. The maximum Gasteiger partial charge on any atom is 0.00444 e. The molecule has 1 aliphatic carbocycles. The summed E-state index contributed by atoms with van der Waals surface area (Å²) < 4.78 is 0. The molecule has 0 bridgehead atoms. The Morgan fingerprint density at radius 3 is 1.82 bits per heavy atom. The summed E-state index contributed by atoms with van der Waals surface area (Å²) in [6, 6.07) is 0. The lowest BCUT2D eigenvalue weighted by molar-refractivity contribution is 0.393. The zero-order chi connectivity index (χ0) is 8.69. The second kappa shape index (κ2) is 7.02. The van der Waals surface area contributed by atoms with E-state index in [4.69, 9.17) is 0 Å². The summed E-state index contributed by atoms with van der Waals surface area (Å²) in [5.74, 6) is 1.01. The third kappa shape index (κ3) is 4.73. The molecule has 0 N–H and O–H groups in total. The molecule has 11 heavy (non-hydrogen) atoms. The summed E-state index contributed by atoms with van der Waals surface area (Å²) in [5.41, 5.74) is 0. The molecule has 0 amide bonds. The summed E-state index contributed by atoms with van der Waals surface area (Å²) in [7, 11) is 0. The van der Waals surface area contributed by atoms with E-state index in [1.807, 2.05) is 25.6 Å². The van der Waals surface area contributed by atoms with Crippen LogP contribution in [0.4, 0.5) is 0 Å². The lowest BCUT2D eigenvalue weighted by Crippen LogP contribution is -2.13. The molecule has 0 nitrogen and oxygen atoms in total. The van der Waals surface area contributed by atoms with E-state index in [-0.39, 0.29) is 0 Å². The van der Waals surface area contributed by atoms with Crippen LogP contribution in [0.1, 0.15) is 46.5 Å². The van der Waals surface area contributed by atoms with Gasteiger partial charge in [-0.05, 0) is 37.9 Å². The summed E-state index contributed by atoms with van der Waals surface area (Å²) in [4.78, 5) is 0. The van der Waals surface area contributed by atoms with E-state index in [1.165, 1.54) is 25.7 Å².